The van der Waals surface area contributed by atoms with E-state index in [1.807, 2.05) is 0 Å². The third-order valence-electron chi connectivity index (χ3n) is 2.03. The quantitative estimate of drug-likeness (QED) is 0.883. The van der Waals surface area contributed by atoms with Gasteiger partial charge in [-0.05, 0) is 18.1 Å². The van der Waals surface area contributed by atoms with Gasteiger partial charge in [-0.3, -0.25) is 4.79 Å². The van der Waals surface area contributed by atoms with Crippen molar-refractivity contribution in [1.82, 2.24) is 0 Å². The first kappa shape index (κ1) is 15.7. The molecular formula is C10H11ClF3NO2. The molecule has 1 aromatic carbocycles. The second-order valence-corrected chi connectivity index (χ2v) is 3.35. The molecule has 3 nitrogen and oxygen atoms in total. The molecule has 0 saturated heterocycles. The van der Waals surface area contributed by atoms with E-state index in [0.717, 1.165) is 12.1 Å². The number of carboxylic acid groups (broad SMARTS) is 1. The Labute approximate surface area is 102 Å². The van der Waals surface area contributed by atoms with Crippen molar-refractivity contribution in [2.24, 2.45) is 5.73 Å². The van der Waals surface area contributed by atoms with Crippen molar-refractivity contribution in [3.05, 3.63) is 35.4 Å². The van der Waals surface area contributed by atoms with Crippen LogP contribution in [-0.2, 0) is 17.4 Å². The molecule has 0 aromatic heterocycles. The fourth-order valence-electron chi connectivity index (χ4n) is 1.22. The lowest BCUT2D eigenvalue weighted by atomic mass is 10.0. The van der Waals surface area contributed by atoms with Gasteiger partial charge in [-0.1, -0.05) is 18.2 Å². The second kappa shape index (κ2) is 5.88. The van der Waals surface area contributed by atoms with E-state index in [-0.39, 0.29) is 24.4 Å². The van der Waals surface area contributed by atoms with Crippen molar-refractivity contribution in [3.63, 3.8) is 0 Å². The summed E-state index contributed by atoms with van der Waals surface area (Å²) in [6, 6.07) is 3.28. The summed E-state index contributed by atoms with van der Waals surface area (Å²) in [4.78, 5) is 10.4. The van der Waals surface area contributed by atoms with Crippen molar-refractivity contribution in [2.75, 3.05) is 0 Å². The third kappa shape index (κ3) is 4.62. The highest BCUT2D eigenvalue weighted by atomic mass is 35.5. The van der Waals surface area contributed by atoms with Crippen LogP contribution in [-0.4, -0.2) is 17.1 Å². The van der Waals surface area contributed by atoms with Crippen molar-refractivity contribution in [1.29, 1.82) is 0 Å². The van der Waals surface area contributed by atoms with Crippen LogP contribution in [0.4, 0.5) is 13.2 Å². The summed E-state index contributed by atoms with van der Waals surface area (Å²) in [6.07, 6.45) is -4.55. The van der Waals surface area contributed by atoms with Crippen molar-refractivity contribution in [3.8, 4) is 0 Å². The molecule has 1 rings (SSSR count). The van der Waals surface area contributed by atoms with E-state index in [0.29, 0.717) is 0 Å². The first-order chi connectivity index (χ1) is 7.30. The Bertz CT molecular complexity index is 395. The van der Waals surface area contributed by atoms with Crippen molar-refractivity contribution in [2.45, 2.75) is 18.6 Å². The van der Waals surface area contributed by atoms with Gasteiger partial charge in [0.15, 0.2) is 0 Å². The number of rotatable bonds is 3. The lowest BCUT2D eigenvalue weighted by Gasteiger charge is -2.10. The number of halogens is 4. The largest absolute Gasteiger partial charge is 0.480 e. The highest BCUT2D eigenvalue weighted by molar-refractivity contribution is 5.85. The number of alkyl halides is 3. The predicted octanol–water partition coefficient (Wildman–Crippen LogP) is 2.08. The molecule has 0 heterocycles. The highest BCUT2D eigenvalue weighted by Crippen LogP contribution is 2.29. The molecule has 0 aliphatic heterocycles. The molecule has 96 valence electrons. The summed E-state index contributed by atoms with van der Waals surface area (Å²) in [5.74, 6) is -1.24. The predicted molar refractivity (Wildman–Crippen MR) is 58.0 cm³/mol. The normalized spacial score (nSPS) is 12.7. The van der Waals surface area contributed by atoms with E-state index in [1.165, 1.54) is 12.1 Å². The SMILES string of the molecule is Cl.N[C@H](Cc1cccc(C(F)(F)F)c1)C(=O)O. The Hall–Kier alpha value is -1.27. The standard InChI is InChI=1S/C10H10F3NO2.ClH/c11-10(12,13)7-3-1-2-6(4-7)5-8(14)9(15)16;/h1-4,8H,5,14H2,(H,15,16);1H/t8-;/m1./s1. The number of hydrogen-bond acceptors (Lipinski definition) is 2. The van der Waals surface area contributed by atoms with Gasteiger partial charge in [0.25, 0.3) is 0 Å². The van der Waals surface area contributed by atoms with Crippen molar-refractivity contribution < 1.29 is 23.1 Å². The minimum Gasteiger partial charge on any atom is -0.480 e. The molecular weight excluding hydrogens is 259 g/mol. The second-order valence-electron chi connectivity index (χ2n) is 3.35. The molecule has 3 N–H and O–H groups in total. The van der Waals surface area contributed by atoms with Crippen LogP contribution in [0.25, 0.3) is 0 Å². The topological polar surface area (TPSA) is 63.3 Å². The summed E-state index contributed by atoms with van der Waals surface area (Å²) < 4.78 is 36.9. The Balaban J connectivity index is 0.00000256. The third-order valence-corrected chi connectivity index (χ3v) is 2.03. The molecule has 0 aliphatic carbocycles. The van der Waals surface area contributed by atoms with Crippen LogP contribution in [0.5, 0.6) is 0 Å². The van der Waals surface area contributed by atoms with E-state index >= 15 is 0 Å². The zero-order chi connectivity index (χ0) is 12.3. The number of hydrogen-bond donors (Lipinski definition) is 2. The molecule has 0 amide bonds. The van der Waals surface area contributed by atoms with Gasteiger partial charge in [-0.15, -0.1) is 12.4 Å². The van der Waals surface area contributed by atoms with E-state index in [4.69, 9.17) is 10.8 Å². The molecule has 0 aliphatic rings. The average Bonchev–Trinajstić information content (AvgIpc) is 2.16. The Morgan fingerprint density at radius 1 is 1.41 bits per heavy atom. The monoisotopic (exact) mass is 269 g/mol. The van der Waals surface area contributed by atoms with Gasteiger partial charge in [-0.25, -0.2) is 0 Å². The molecule has 0 spiro atoms. The van der Waals surface area contributed by atoms with Gasteiger partial charge < -0.3 is 10.8 Å². The lowest BCUT2D eigenvalue weighted by molar-refractivity contribution is -0.138. The lowest BCUT2D eigenvalue weighted by Crippen LogP contribution is -2.32. The van der Waals surface area contributed by atoms with Crippen LogP contribution in [0.2, 0.25) is 0 Å². The average molecular weight is 270 g/mol. The Kier molecular flexibility index (Phi) is 5.44. The number of aliphatic carboxylic acids is 1. The summed E-state index contributed by atoms with van der Waals surface area (Å²) in [5, 5.41) is 8.53. The maximum absolute atomic E-state index is 12.3. The van der Waals surface area contributed by atoms with E-state index in [1.54, 1.807) is 0 Å². The number of nitrogens with two attached hydrogens (primary N) is 1. The van der Waals surface area contributed by atoms with Crippen LogP contribution in [0.1, 0.15) is 11.1 Å². The van der Waals surface area contributed by atoms with Gasteiger partial charge >= 0.3 is 12.1 Å². The summed E-state index contributed by atoms with van der Waals surface area (Å²) in [5.41, 5.74) is 4.68. The number of carbonyl (C=O) groups is 1. The van der Waals surface area contributed by atoms with Crippen LogP contribution >= 0.6 is 12.4 Å². The smallest absolute Gasteiger partial charge is 0.416 e. The minimum atomic E-state index is -4.43. The molecule has 7 heteroatoms. The zero-order valence-electron chi connectivity index (χ0n) is 8.57. The molecule has 0 unspecified atom stereocenters. The molecule has 1 aromatic rings. The van der Waals surface area contributed by atoms with Gasteiger partial charge in [0.1, 0.15) is 6.04 Å². The minimum absolute atomic E-state index is 0. The molecule has 0 saturated carbocycles. The fraction of sp³-hybridized carbons (Fsp3) is 0.300. The summed E-state index contributed by atoms with van der Waals surface area (Å²) >= 11 is 0. The van der Waals surface area contributed by atoms with E-state index in [9.17, 15) is 18.0 Å². The van der Waals surface area contributed by atoms with E-state index in [2.05, 4.69) is 0 Å². The van der Waals surface area contributed by atoms with Gasteiger partial charge in [-0.2, -0.15) is 13.2 Å². The molecule has 17 heavy (non-hydrogen) atoms. The van der Waals surface area contributed by atoms with Gasteiger partial charge in [0.05, 0.1) is 5.56 Å². The van der Waals surface area contributed by atoms with Gasteiger partial charge in [0.2, 0.25) is 0 Å². The molecule has 0 radical (unpaired) electrons. The van der Waals surface area contributed by atoms with E-state index < -0.39 is 23.8 Å². The number of carboxylic acids is 1. The zero-order valence-corrected chi connectivity index (χ0v) is 9.39. The summed E-state index contributed by atoms with van der Waals surface area (Å²) in [6.45, 7) is 0. The maximum Gasteiger partial charge on any atom is 0.416 e. The van der Waals surface area contributed by atoms with Crippen LogP contribution in [0.3, 0.4) is 0 Å². The van der Waals surface area contributed by atoms with Crippen LogP contribution in [0, 0.1) is 0 Å². The van der Waals surface area contributed by atoms with Gasteiger partial charge in [0, 0.05) is 0 Å². The summed E-state index contributed by atoms with van der Waals surface area (Å²) in [7, 11) is 0. The highest BCUT2D eigenvalue weighted by Gasteiger charge is 2.30. The maximum atomic E-state index is 12.3. The van der Waals surface area contributed by atoms with Crippen LogP contribution in [0.15, 0.2) is 24.3 Å². The first-order valence-electron chi connectivity index (χ1n) is 4.45. The van der Waals surface area contributed by atoms with Crippen LogP contribution < -0.4 is 5.73 Å². The fourth-order valence-corrected chi connectivity index (χ4v) is 1.22. The molecule has 0 bridgehead atoms. The molecule has 0 fully saturated rings. The number of benzene rings is 1. The Morgan fingerprint density at radius 2 is 2.00 bits per heavy atom. The van der Waals surface area contributed by atoms with Crippen molar-refractivity contribution >= 4 is 18.4 Å². The first-order valence-corrected chi connectivity index (χ1v) is 4.45. The Morgan fingerprint density at radius 3 is 2.47 bits per heavy atom. The molecule has 1 atom stereocenters.